The van der Waals surface area contributed by atoms with Gasteiger partial charge in [0.1, 0.15) is 5.75 Å². The van der Waals surface area contributed by atoms with E-state index < -0.39 is 17.7 Å². The van der Waals surface area contributed by atoms with E-state index in [4.69, 9.17) is 4.74 Å². The molecule has 0 saturated heterocycles. The maximum atomic E-state index is 13.3. The summed E-state index contributed by atoms with van der Waals surface area (Å²) in [5.41, 5.74) is 0.171. The SMILES string of the molecule is COc1ccccc1-c1csc(NC(=O)/C=C(/c2ccccc2)C(F)(F)F)n1. The Morgan fingerprint density at radius 3 is 2.46 bits per heavy atom. The van der Waals surface area contributed by atoms with Gasteiger partial charge < -0.3 is 4.74 Å². The minimum atomic E-state index is -4.66. The maximum absolute atomic E-state index is 13.3. The molecule has 3 rings (SSSR count). The first-order chi connectivity index (χ1) is 13.4. The van der Waals surface area contributed by atoms with Gasteiger partial charge in [-0.25, -0.2) is 4.98 Å². The molecule has 0 aliphatic carbocycles. The summed E-state index contributed by atoms with van der Waals surface area (Å²) >= 11 is 1.11. The molecule has 1 heterocycles. The number of methoxy groups -OCH3 is 1. The Balaban J connectivity index is 1.83. The van der Waals surface area contributed by atoms with Crippen LogP contribution in [0.2, 0.25) is 0 Å². The zero-order valence-corrected chi connectivity index (χ0v) is 15.5. The number of nitrogens with zero attached hydrogens (tertiary/aromatic N) is 1. The number of thiazole rings is 1. The van der Waals surface area contributed by atoms with E-state index in [2.05, 4.69) is 10.3 Å². The quantitative estimate of drug-likeness (QED) is 0.579. The third kappa shape index (κ3) is 4.58. The summed E-state index contributed by atoms with van der Waals surface area (Å²) in [4.78, 5) is 16.4. The Bertz CT molecular complexity index is 998. The Morgan fingerprint density at radius 2 is 1.79 bits per heavy atom. The van der Waals surface area contributed by atoms with Gasteiger partial charge in [-0.05, 0) is 17.7 Å². The van der Waals surface area contributed by atoms with Crippen LogP contribution in [0, 0.1) is 0 Å². The van der Waals surface area contributed by atoms with Crippen molar-refractivity contribution in [2.24, 2.45) is 0 Å². The van der Waals surface area contributed by atoms with Crippen molar-refractivity contribution in [3.8, 4) is 17.0 Å². The number of para-hydroxylation sites is 1. The molecule has 3 aromatic rings. The molecule has 144 valence electrons. The fourth-order valence-electron chi connectivity index (χ4n) is 2.53. The highest BCUT2D eigenvalue weighted by atomic mass is 32.1. The molecule has 4 nitrogen and oxygen atoms in total. The first-order valence-electron chi connectivity index (χ1n) is 8.12. The van der Waals surface area contributed by atoms with Crippen molar-refractivity contribution in [2.75, 3.05) is 12.4 Å². The lowest BCUT2D eigenvalue weighted by Crippen LogP contribution is -2.16. The van der Waals surface area contributed by atoms with Gasteiger partial charge >= 0.3 is 6.18 Å². The second-order valence-corrected chi connectivity index (χ2v) is 6.51. The van der Waals surface area contributed by atoms with Crippen molar-refractivity contribution < 1.29 is 22.7 Å². The van der Waals surface area contributed by atoms with Crippen LogP contribution in [0.3, 0.4) is 0 Å². The second kappa shape index (κ2) is 8.26. The molecule has 28 heavy (non-hydrogen) atoms. The normalized spacial score (nSPS) is 11.9. The van der Waals surface area contributed by atoms with Crippen LogP contribution in [0.1, 0.15) is 5.56 Å². The predicted octanol–water partition coefficient (Wildman–Crippen LogP) is 5.40. The van der Waals surface area contributed by atoms with Crippen LogP contribution in [-0.4, -0.2) is 24.2 Å². The zero-order valence-electron chi connectivity index (χ0n) is 14.7. The summed E-state index contributed by atoms with van der Waals surface area (Å²) in [6.45, 7) is 0. The lowest BCUT2D eigenvalue weighted by molar-refractivity contribution is -0.112. The van der Waals surface area contributed by atoms with Crippen LogP contribution in [-0.2, 0) is 4.79 Å². The van der Waals surface area contributed by atoms with Crippen molar-refractivity contribution in [3.05, 3.63) is 71.6 Å². The fourth-order valence-corrected chi connectivity index (χ4v) is 3.24. The monoisotopic (exact) mass is 404 g/mol. The van der Waals surface area contributed by atoms with Gasteiger partial charge in [0.05, 0.1) is 18.4 Å². The van der Waals surface area contributed by atoms with E-state index in [1.54, 1.807) is 23.6 Å². The van der Waals surface area contributed by atoms with Crippen molar-refractivity contribution in [1.82, 2.24) is 4.98 Å². The highest BCUT2D eigenvalue weighted by Gasteiger charge is 2.35. The number of ether oxygens (including phenoxy) is 1. The summed E-state index contributed by atoms with van der Waals surface area (Å²) in [5, 5.41) is 4.28. The van der Waals surface area contributed by atoms with E-state index in [9.17, 15) is 18.0 Å². The lowest BCUT2D eigenvalue weighted by Gasteiger charge is -2.11. The van der Waals surface area contributed by atoms with E-state index in [-0.39, 0.29) is 10.7 Å². The van der Waals surface area contributed by atoms with Crippen molar-refractivity contribution >= 4 is 27.9 Å². The number of benzene rings is 2. The molecule has 0 atom stereocenters. The molecule has 1 aromatic heterocycles. The zero-order chi connectivity index (χ0) is 20.1. The average molecular weight is 404 g/mol. The number of anilines is 1. The highest BCUT2D eigenvalue weighted by molar-refractivity contribution is 7.14. The molecule has 8 heteroatoms. The number of nitrogens with one attached hydrogen (secondary N) is 1. The molecule has 0 fully saturated rings. The van der Waals surface area contributed by atoms with Gasteiger partial charge in [0, 0.05) is 17.0 Å². The summed E-state index contributed by atoms with van der Waals surface area (Å²) in [6.07, 6.45) is -4.12. The number of rotatable bonds is 5. The number of carbonyl (C=O) groups excluding carboxylic acids is 1. The smallest absolute Gasteiger partial charge is 0.417 e. The largest absolute Gasteiger partial charge is 0.496 e. The number of hydrogen-bond donors (Lipinski definition) is 1. The second-order valence-electron chi connectivity index (χ2n) is 5.65. The van der Waals surface area contributed by atoms with Crippen molar-refractivity contribution in [3.63, 3.8) is 0 Å². The standard InChI is InChI=1S/C20H15F3N2O2S/c1-27-17-10-6-5-9-14(17)16-12-28-19(24-16)25-18(26)11-15(20(21,22)23)13-7-3-2-4-8-13/h2-12H,1H3,(H,24,25,26)/b15-11-. The van der Waals surface area contributed by atoms with Crippen molar-refractivity contribution in [1.29, 1.82) is 0 Å². The van der Waals surface area contributed by atoms with Crippen LogP contribution in [0.4, 0.5) is 18.3 Å². The third-order valence-electron chi connectivity index (χ3n) is 3.78. The Kier molecular flexibility index (Phi) is 5.79. The number of amides is 1. The number of allylic oxidation sites excluding steroid dienone is 1. The molecule has 1 N–H and O–H groups in total. The maximum Gasteiger partial charge on any atom is 0.417 e. The molecule has 0 saturated carbocycles. The van der Waals surface area contributed by atoms with Gasteiger partial charge in [-0.3, -0.25) is 10.1 Å². The molecule has 0 aliphatic heterocycles. The fraction of sp³-hybridized carbons (Fsp3) is 0.100. The first kappa shape index (κ1) is 19.6. The molecular formula is C20H15F3N2O2S. The van der Waals surface area contributed by atoms with E-state index in [0.29, 0.717) is 17.5 Å². The minimum absolute atomic E-state index is 0.0843. The third-order valence-corrected chi connectivity index (χ3v) is 4.54. The number of alkyl halides is 3. The number of hydrogen-bond acceptors (Lipinski definition) is 4. The molecule has 0 bridgehead atoms. The summed E-state index contributed by atoms with van der Waals surface area (Å²) in [6, 6.07) is 14.4. The van der Waals surface area contributed by atoms with E-state index in [1.807, 2.05) is 12.1 Å². The molecular weight excluding hydrogens is 389 g/mol. The predicted molar refractivity (Wildman–Crippen MR) is 103 cm³/mol. The van der Waals surface area contributed by atoms with Crippen LogP contribution in [0.5, 0.6) is 5.75 Å². The van der Waals surface area contributed by atoms with Gasteiger partial charge in [-0.15, -0.1) is 11.3 Å². The molecule has 0 spiro atoms. The molecule has 0 unspecified atom stereocenters. The van der Waals surface area contributed by atoms with Gasteiger partial charge in [-0.1, -0.05) is 42.5 Å². The van der Waals surface area contributed by atoms with Crippen LogP contribution < -0.4 is 10.1 Å². The van der Waals surface area contributed by atoms with E-state index >= 15 is 0 Å². The first-order valence-corrected chi connectivity index (χ1v) is 9.00. The Morgan fingerprint density at radius 1 is 1.11 bits per heavy atom. The van der Waals surface area contributed by atoms with Gasteiger partial charge in [0.25, 0.3) is 5.91 Å². The molecule has 2 aromatic carbocycles. The molecule has 0 radical (unpaired) electrons. The number of aromatic nitrogens is 1. The van der Waals surface area contributed by atoms with Crippen LogP contribution >= 0.6 is 11.3 Å². The Hall–Kier alpha value is -3.13. The highest BCUT2D eigenvalue weighted by Crippen LogP contribution is 2.34. The van der Waals surface area contributed by atoms with Crippen LogP contribution in [0.15, 0.2) is 66.1 Å². The van der Waals surface area contributed by atoms with Crippen LogP contribution in [0.25, 0.3) is 16.8 Å². The number of carbonyl (C=O) groups is 1. The summed E-state index contributed by atoms with van der Waals surface area (Å²) in [7, 11) is 1.53. The van der Waals surface area contributed by atoms with Gasteiger partial charge in [0.2, 0.25) is 0 Å². The van der Waals surface area contributed by atoms with E-state index in [1.165, 1.54) is 31.4 Å². The van der Waals surface area contributed by atoms with Gasteiger partial charge in [0.15, 0.2) is 5.13 Å². The number of halogens is 3. The summed E-state index contributed by atoms with van der Waals surface area (Å²) in [5.74, 6) is -0.300. The lowest BCUT2D eigenvalue weighted by atomic mass is 10.1. The summed E-state index contributed by atoms with van der Waals surface area (Å²) < 4.78 is 45.3. The molecule has 0 aliphatic rings. The topological polar surface area (TPSA) is 51.2 Å². The minimum Gasteiger partial charge on any atom is -0.496 e. The Labute approximate surface area is 163 Å². The van der Waals surface area contributed by atoms with Crippen molar-refractivity contribution in [2.45, 2.75) is 6.18 Å². The average Bonchev–Trinajstić information content (AvgIpc) is 3.14. The van der Waals surface area contributed by atoms with Gasteiger partial charge in [-0.2, -0.15) is 13.2 Å². The molecule has 1 amide bonds. The van der Waals surface area contributed by atoms with E-state index in [0.717, 1.165) is 16.9 Å².